The summed E-state index contributed by atoms with van der Waals surface area (Å²) >= 11 is 0. The van der Waals surface area contributed by atoms with Gasteiger partial charge >= 0.3 is 0 Å². The number of amides is 2. The Morgan fingerprint density at radius 1 is 0.923 bits per heavy atom. The highest BCUT2D eigenvalue weighted by molar-refractivity contribution is 7.92. The third-order valence-electron chi connectivity index (χ3n) is 5.94. The van der Waals surface area contributed by atoms with Crippen molar-refractivity contribution in [3.8, 4) is 0 Å². The van der Waals surface area contributed by atoms with Crippen LogP contribution in [0.2, 0.25) is 0 Å². The number of para-hydroxylation sites is 1. The molecule has 7 nitrogen and oxygen atoms in total. The molecule has 208 valence electrons. The average molecular weight is 558 g/mol. The molecule has 0 spiro atoms. The van der Waals surface area contributed by atoms with Crippen molar-refractivity contribution >= 4 is 27.5 Å². The standard InChI is InChI=1S/C29H33F2N3O4S/c1-20-10-16-24(17-11-20)39(37,38)34(26-9-7-6-8-25(26)31)19-27(35)33(18-22-12-14-23(30)15-13-22)21(2)28(36)32-29(3,4)5/h6-17,21H,18-19H2,1-5H3,(H,32,36)/t21-/m1/s1. The molecule has 0 aliphatic rings. The molecule has 3 aromatic carbocycles. The van der Waals surface area contributed by atoms with Crippen molar-refractivity contribution in [3.63, 3.8) is 0 Å². The van der Waals surface area contributed by atoms with Crippen LogP contribution in [0.25, 0.3) is 0 Å². The van der Waals surface area contributed by atoms with Gasteiger partial charge in [0.05, 0.1) is 10.6 Å². The van der Waals surface area contributed by atoms with E-state index in [0.717, 1.165) is 11.6 Å². The molecule has 0 fully saturated rings. The van der Waals surface area contributed by atoms with Gasteiger partial charge in [-0.2, -0.15) is 0 Å². The van der Waals surface area contributed by atoms with Gasteiger partial charge in [0.2, 0.25) is 11.8 Å². The van der Waals surface area contributed by atoms with Gasteiger partial charge in [-0.15, -0.1) is 0 Å². The van der Waals surface area contributed by atoms with Gasteiger partial charge in [-0.3, -0.25) is 13.9 Å². The first kappa shape index (κ1) is 29.8. The highest BCUT2D eigenvalue weighted by Crippen LogP contribution is 2.27. The first-order valence-electron chi connectivity index (χ1n) is 12.4. The maximum atomic E-state index is 14.9. The van der Waals surface area contributed by atoms with E-state index >= 15 is 0 Å². The molecule has 0 aliphatic heterocycles. The quantitative estimate of drug-likeness (QED) is 0.410. The molecule has 2 amide bonds. The maximum absolute atomic E-state index is 14.9. The zero-order valence-electron chi connectivity index (χ0n) is 22.6. The lowest BCUT2D eigenvalue weighted by molar-refractivity contribution is -0.140. The van der Waals surface area contributed by atoms with E-state index < -0.39 is 51.6 Å². The number of benzene rings is 3. The monoisotopic (exact) mass is 557 g/mol. The molecule has 39 heavy (non-hydrogen) atoms. The van der Waals surface area contributed by atoms with Crippen LogP contribution >= 0.6 is 0 Å². The number of anilines is 1. The lowest BCUT2D eigenvalue weighted by Crippen LogP contribution is -2.54. The fraction of sp³-hybridized carbons (Fsp3) is 0.310. The van der Waals surface area contributed by atoms with Gasteiger partial charge in [0.25, 0.3) is 10.0 Å². The third-order valence-corrected chi connectivity index (χ3v) is 7.71. The van der Waals surface area contributed by atoms with E-state index in [2.05, 4.69) is 5.32 Å². The largest absolute Gasteiger partial charge is 0.350 e. The van der Waals surface area contributed by atoms with Crippen molar-refractivity contribution in [1.82, 2.24) is 10.2 Å². The highest BCUT2D eigenvalue weighted by atomic mass is 32.2. The van der Waals surface area contributed by atoms with E-state index in [9.17, 15) is 26.8 Å². The van der Waals surface area contributed by atoms with E-state index in [1.54, 1.807) is 39.8 Å². The van der Waals surface area contributed by atoms with Crippen molar-refractivity contribution in [2.45, 2.75) is 57.6 Å². The van der Waals surface area contributed by atoms with Gasteiger partial charge in [0.1, 0.15) is 24.2 Å². The van der Waals surface area contributed by atoms with E-state index in [0.29, 0.717) is 9.87 Å². The van der Waals surface area contributed by atoms with Crippen molar-refractivity contribution in [2.24, 2.45) is 0 Å². The highest BCUT2D eigenvalue weighted by Gasteiger charge is 2.34. The van der Waals surface area contributed by atoms with Crippen LogP contribution in [-0.4, -0.2) is 43.3 Å². The van der Waals surface area contributed by atoms with E-state index in [1.807, 2.05) is 0 Å². The Morgan fingerprint density at radius 2 is 1.51 bits per heavy atom. The molecule has 0 unspecified atom stereocenters. The minimum absolute atomic E-state index is 0.104. The molecule has 10 heteroatoms. The number of carbonyl (C=O) groups is 2. The zero-order chi connectivity index (χ0) is 29.0. The summed E-state index contributed by atoms with van der Waals surface area (Å²) in [5.74, 6) is -2.50. The zero-order valence-corrected chi connectivity index (χ0v) is 23.4. The average Bonchev–Trinajstić information content (AvgIpc) is 2.86. The molecule has 0 heterocycles. The lowest BCUT2D eigenvalue weighted by Gasteiger charge is -2.33. The summed E-state index contributed by atoms with van der Waals surface area (Å²) in [5.41, 5.74) is 0.453. The van der Waals surface area contributed by atoms with Gasteiger partial charge in [-0.1, -0.05) is 42.0 Å². The summed E-state index contributed by atoms with van der Waals surface area (Å²) in [4.78, 5) is 27.9. The predicted molar refractivity (Wildman–Crippen MR) is 146 cm³/mol. The van der Waals surface area contributed by atoms with Gasteiger partial charge in [-0.05, 0) is 76.6 Å². The first-order valence-corrected chi connectivity index (χ1v) is 13.8. The predicted octanol–water partition coefficient (Wildman–Crippen LogP) is 4.80. The normalized spacial score (nSPS) is 12.5. The Kier molecular flexibility index (Phi) is 9.11. The number of rotatable bonds is 9. The topological polar surface area (TPSA) is 86.8 Å². The summed E-state index contributed by atoms with van der Waals surface area (Å²) in [6.45, 7) is 7.81. The summed E-state index contributed by atoms with van der Waals surface area (Å²) in [5, 5.41) is 2.82. The van der Waals surface area contributed by atoms with Crippen molar-refractivity contribution < 1.29 is 26.8 Å². The van der Waals surface area contributed by atoms with Crippen molar-refractivity contribution in [3.05, 3.63) is 95.6 Å². The molecule has 0 saturated carbocycles. The number of sulfonamides is 1. The second kappa shape index (κ2) is 11.9. The molecule has 1 N–H and O–H groups in total. The van der Waals surface area contributed by atoms with Crippen LogP contribution in [0.5, 0.6) is 0 Å². The molecular formula is C29H33F2N3O4S. The van der Waals surface area contributed by atoms with E-state index in [1.165, 1.54) is 66.4 Å². The minimum atomic E-state index is -4.38. The molecule has 0 radical (unpaired) electrons. The summed E-state index contributed by atoms with van der Waals surface area (Å²) in [7, 11) is -4.38. The Labute approximate surface area is 228 Å². The maximum Gasteiger partial charge on any atom is 0.264 e. The first-order chi connectivity index (χ1) is 18.2. The van der Waals surface area contributed by atoms with Gasteiger partial charge in [-0.25, -0.2) is 17.2 Å². The molecule has 0 aromatic heterocycles. The van der Waals surface area contributed by atoms with Crippen LogP contribution in [0, 0.1) is 18.6 Å². The van der Waals surface area contributed by atoms with Crippen LogP contribution in [0.3, 0.4) is 0 Å². The van der Waals surface area contributed by atoms with Crippen LogP contribution in [0.1, 0.15) is 38.8 Å². The van der Waals surface area contributed by atoms with Gasteiger partial charge in [0.15, 0.2) is 0 Å². The Bertz CT molecular complexity index is 1420. The minimum Gasteiger partial charge on any atom is -0.350 e. The Balaban J connectivity index is 2.04. The number of carbonyl (C=O) groups excluding carboxylic acids is 2. The van der Waals surface area contributed by atoms with Crippen LogP contribution in [0.4, 0.5) is 14.5 Å². The number of nitrogens with one attached hydrogen (secondary N) is 1. The molecule has 3 aromatic rings. The number of hydrogen-bond donors (Lipinski definition) is 1. The van der Waals surface area contributed by atoms with Crippen LogP contribution in [0.15, 0.2) is 77.7 Å². The molecule has 0 aliphatic carbocycles. The molecule has 0 saturated heterocycles. The Hall–Kier alpha value is -3.79. The summed E-state index contributed by atoms with van der Waals surface area (Å²) in [6.07, 6.45) is 0. The summed E-state index contributed by atoms with van der Waals surface area (Å²) < 4.78 is 56.6. The van der Waals surface area contributed by atoms with E-state index in [-0.39, 0.29) is 17.1 Å². The smallest absolute Gasteiger partial charge is 0.264 e. The second-order valence-corrected chi connectivity index (χ2v) is 12.2. The molecular weight excluding hydrogens is 524 g/mol. The number of hydrogen-bond acceptors (Lipinski definition) is 4. The molecule has 1 atom stereocenters. The fourth-order valence-corrected chi connectivity index (χ4v) is 5.27. The van der Waals surface area contributed by atoms with Crippen molar-refractivity contribution in [1.29, 1.82) is 0 Å². The second-order valence-electron chi connectivity index (χ2n) is 10.3. The van der Waals surface area contributed by atoms with Crippen molar-refractivity contribution in [2.75, 3.05) is 10.8 Å². The fourth-order valence-electron chi connectivity index (χ4n) is 3.85. The third kappa shape index (κ3) is 7.63. The molecule has 0 bridgehead atoms. The molecule has 3 rings (SSSR count). The van der Waals surface area contributed by atoms with Crippen LogP contribution < -0.4 is 9.62 Å². The number of halogens is 2. The SMILES string of the molecule is Cc1ccc(S(=O)(=O)N(CC(=O)N(Cc2ccc(F)cc2)[C@H](C)C(=O)NC(C)(C)C)c2ccccc2F)cc1. The number of aryl methyl sites for hydroxylation is 1. The van der Waals surface area contributed by atoms with E-state index in [4.69, 9.17) is 0 Å². The van der Waals surface area contributed by atoms with Crippen LogP contribution in [-0.2, 0) is 26.2 Å². The lowest BCUT2D eigenvalue weighted by atomic mass is 10.1. The Morgan fingerprint density at radius 3 is 2.08 bits per heavy atom. The van der Waals surface area contributed by atoms with Gasteiger partial charge in [0, 0.05) is 12.1 Å². The number of nitrogens with zero attached hydrogens (tertiary/aromatic N) is 2. The van der Waals surface area contributed by atoms with Gasteiger partial charge < -0.3 is 10.2 Å². The summed E-state index contributed by atoms with van der Waals surface area (Å²) in [6, 6.07) is 15.6.